The van der Waals surface area contributed by atoms with Crippen LogP contribution in [0.25, 0.3) is 5.69 Å². The molecule has 0 spiro atoms. The van der Waals surface area contributed by atoms with Gasteiger partial charge in [0.15, 0.2) is 0 Å². The first-order valence-corrected chi connectivity index (χ1v) is 15.6. The molecule has 2 aromatic carbocycles. The fraction of sp³-hybridized carbons (Fsp3) is 0.500. The molecular weight excluding hydrogens is 556 g/mol. The first-order valence-electron chi connectivity index (χ1n) is 15.6. The molecule has 5 rings (SSSR count). The van der Waals surface area contributed by atoms with Crippen molar-refractivity contribution >= 4 is 17.8 Å². The van der Waals surface area contributed by atoms with Crippen LogP contribution in [0.2, 0.25) is 0 Å². The van der Waals surface area contributed by atoms with Crippen LogP contribution in [0, 0.1) is 6.92 Å². The molecule has 2 fully saturated rings. The number of aryl methyl sites for hydroxylation is 1. The number of benzene rings is 2. The van der Waals surface area contributed by atoms with Crippen molar-refractivity contribution in [3.05, 3.63) is 72.3 Å². The summed E-state index contributed by atoms with van der Waals surface area (Å²) in [5.41, 5.74) is 3.16. The molecule has 3 heterocycles. The Hall–Kier alpha value is -4.05. The summed E-state index contributed by atoms with van der Waals surface area (Å²) in [5, 5.41) is 3.17. The third kappa shape index (κ3) is 8.53. The van der Waals surface area contributed by atoms with Crippen LogP contribution in [0.5, 0.6) is 5.75 Å². The van der Waals surface area contributed by atoms with Gasteiger partial charge in [-0.3, -0.25) is 4.90 Å². The van der Waals surface area contributed by atoms with Gasteiger partial charge in [0.05, 0.1) is 12.0 Å². The van der Waals surface area contributed by atoms with Gasteiger partial charge in [0.25, 0.3) is 0 Å². The number of hydrogen-bond acceptors (Lipinski definition) is 6. The van der Waals surface area contributed by atoms with Crippen molar-refractivity contribution in [2.45, 2.75) is 77.7 Å². The third-order valence-electron chi connectivity index (χ3n) is 8.13. The monoisotopic (exact) mass is 602 g/mol. The van der Waals surface area contributed by atoms with E-state index in [1.54, 1.807) is 11.2 Å². The van der Waals surface area contributed by atoms with E-state index in [-0.39, 0.29) is 24.3 Å². The molecule has 3 amide bonds. The highest BCUT2D eigenvalue weighted by Crippen LogP contribution is 2.25. The summed E-state index contributed by atoms with van der Waals surface area (Å²) in [6, 6.07) is 16.0. The van der Waals surface area contributed by atoms with Crippen molar-refractivity contribution in [1.29, 1.82) is 0 Å². The Balaban J connectivity index is 1.24. The molecule has 0 aliphatic carbocycles. The lowest BCUT2D eigenvalue weighted by Gasteiger charge is -2.28. The van der Waals surface area contributed by atoms with Crippen LogP contribution in [0.1, 0.15) is 57.7 Å². The molecule has 1 N–H and O–H groups in total. The van der Waals surface area contributed by atoms with Crippen LogP contribution in [-0.4, -0.2) is 87.3 Å². The number of nitrogens with one attached hydrogen (secondary N) is 1. The minimum absolute atomic E-state index is 0.0845. The predicted molar refractivity (Wildman–Crippen MR) is 171 cm³/mol. The number of anilines is 1. The summed E-state index contributed by atoms with van der Waals surface area (Å²) in [4.78, 5) is 36.5. The van der Waals surface area contributed by atoms with E-state index >= 15 is 0 Å². The minimum Gasteiger partial charge on any atom is -0.490 e. The number of hydrogen-bond donors (Lipinski definition) is 1. The number of likely N-dealkylation sites (tertiary alicyclic amines) is 2. The van der Waals surface area contributed by atoms with Gasteiger partial charge < -0.3 is 29.2 Å². The number of imidazole rings is 1. The standard InChI is InChI=1S/C34H46N6O4/c1-25-21-40(24-35-25)29-19-26(22-38-16-13-28(23-38)37(5)33(42)44-34(2,3)4)18-27(20-29)36-32(41)39-15-9-12-31(14-17-39)43-30-10-7-6-8-11-30/h6-8,10-11,18-21,24,28,31H,9,12-17,22-23H2,1-5H3,(H,36,41)/t28-,31?/m0/s1. The maximum Gasteiger partial charge on any atom is 0.410 e. The Morgan fingerprint density at radius 2 is 1.84 bits per heavy atom. The number of rotatable bonds is 7. The zero-order valence-electron chi connectivity index (χ0n) is 26.7. The Morgan fingerprint density at radius 1 is 1.05 bits per heavy atom. The highest BCUT2D eigenvalue weighted by molar-refractivity contribution is 5.89. The van der Waals surface area contributed by atoms with Gasteiger partial charge in [0.2, 0.25) is 0 Å². The molecule has 2 atom stereocenters. The number of urea groups is 1. The summed E-state index contributed by atoms with van der Waals surface area (Å²) >= 11 is 0. The molecule has 10 nitrogen and oxygen atoms in total. The second-order valence-corrected chi connectivity index (χ2v) is 13.0. The minimum atomic E-state index is -0.526. The van der Waals surface area contributed by atoms with Crippen molar-refractivity contribution in [3.63, 3.8) is 0 Å². The smallest absolute Gasteiger partial charge is 0.410 e. The number of carbonyl (C=O) groups excluding carboxylic acids is 2. The zero-order valence-corrected chi connectivity index (χ0v) is 26.7. The van der Waals surface area contributed by atoms with Gasteiger partial charge in [-0.05, 0) is 82.9 Å². The Labute approximate surface area is 260 Å². The molecule has 0 radical (unpaired) electrons. The van der Waals surface area contributed by atoms with E-state index in [9.17, 15) is 9.59 Å². The number of carbonyl (C=O) groups is 2. The van der Waals surface area contributed by atoms with E-state index in [2.05, 4.69) is 27.3 Å². The lowest BCUT2D eigenvalue weighted by Crippen LogP contribution is -2.42. The van der Waals surface area contributed by atoms with Crippen molar-refractivity contribution in [1.82, 2.24) is 24.3 Å². The summed E-state index contributed by atoms with van der Waals surface area (Å²) < 4.78 is 13.7. The highest BCUT2D eigenvalue weighted by atomic mass is 16.6. The normalized spacial score (nSPS) is 19.3. The molecule has 3 aromatic rings. The van der Waals surface area contributed by atoms with Gasteiger partial charge in [-0.25, -0.2) is 14.6 Å². The lowest BCUT2D eigenvalue weighted by atomic mass is 10.1. The van der Waals surface area contributed by atoms with Crippen molar-refractivity contribution in [2.24, 2.45) is 0 Å². The molecule has 1 unspecified atom stereocenters. The lowest BCUT2D eigenvalue weighted by molar-refractivity contribution is 0.0228. The van der Waals surface area contributed by atoms with Crippen LogP contribution in [0.15, 0.2) is 61.1 Å². The summed E-state index contributed by atoms with van der Waals surface area (Å²) in [5.74, 6) is 0.871. The maximum absolute atomic E-state index is 13.5. The number of aromatic nitrogens is 2. The zero-order chi connectivity index (χ0) is 31.3. The molecule has 1 aromatic heterocycles. The number of nitrogens with zero attached hydrogens (tertiary/aromatic N) is 5. The molecular formula is C34H46N6O4. The Kier molecular flexibility index (Phi) is 9.78. The molecule has 0 bridgehead atoms. The van der Waals surface area contributed by atoms with Gasteiger partial charge in [-0.1, -0.05) is 18.2 Å². The SMILES string of the molecule is Cc1cn(-c2cc(CN3CC[C@H](N(C)C(=O)OC(C)(C)C)C3)cc(NC(=O)N3CCCC(Oc4ccccc4)CC3)c2)cn1. The number of amides is 3. The summed E-state index contributed by atoms with van der Waals surface area (Å²) in [6.07, 6.45) is 7.04. The Bertz CT molecular complexity index is 1420. The van der Waals surface area contributed by atoms with E-state index in [0.717, 1.165) is 67.2 Å². The van der Waals surface area contributed by atoms with Gasteiger partial charge in [-0.15, -0.1) is 0 Å². The molecule has 44 heavy (non-hydrogen) atoms. The van der Waals surface area contributed by atoms with E-state index in [4.69, 9.17) is 9.47 Å². The van der Waals surface area contributed by atoms with Crippen LogP contribution < -0.4 is 10.1 Å². The largest absolute Gasteiger partial charge is 0.490 e. The van der Waals surface area contributed by atoms with Gasteiger partial charge in [-0.2, -0.15) is 0 Å². The summed E-state index contributed by atoms with van der Waals surface area (Å²) in [6.45, 7) is 11.3. The predicted octanol–water partition coefficient (Wildman–Crippen LogP) is 6.09. The average Bonchev–Trinajstić information content (AvgIpc) is 3.55. The molecule has 0 saturated carbocycles. The number of likely N-dealkylation sites (N-methyl/N-ethyl adjacent to an activating group) is 1. The van der Waals surface area contributed by atoms with E-state index < -0.39 is 5.60 Å². The number of ether oxygens (including phenoxy) is 2. The second-order valence-electron chi connectivity index (χ2n) is 13.0. The fourth-order valence-corrected chi connectivity index (χ4v) is 5.84. The fourth-order valence-electron chi connectivity index (χ4n) is 5.84. The van der Waals surface area contributed by atoms with Crippen LogP contribution in [0.4, 0.5) is 15.3 Å². The van der Waals surface area contributed by atoms with E-state index in [1.807, 2.05) is 86.8 Å². The second kappa shape index (κ2) is 13.7. The topological polar surface area (TPSA) is 92.2 Å². The summed E-state index contributed by atoms with van der Waals surface area (Å²) in [7, 11) is 1.82. The maximum atomic E-state index is 13.5. The quantitative estimate of drug-likeness (QED) is 0.352. The van der Waals surface area contributed by atoms with Gasteiger partial charge in [0, 0.05) is 69.8 Å². The van der Waals surface area contributed by atoms with E-state index in [1.165, 1.54) is 0 Å². The molecule has 2 aliphatic rings. The molecule has 10 heteroatoms. The van der Waals surface area contributed by atoms with Crippen molar-refractivity contribution < 1.29 is 19.1 Å². The highest BCUT2D eigenvalue weighted by Gasteiger charge is 2.31. The molecule has 236 valence electrons. The first kappa shape index (κ1) is 31.4. The first-order chi connectivity index (χ1) is 21.0. The number of para-hydroxylation sites is 1. The molecule has 2 aliphatic heterocycles. The van der Waals surface area contributed by atoms with E-state index in [0.29, 0.717) is 19.6 Å². The van der Waals surface area contributed by atoms with Crippen LogP contribution >= 0.6 is 0 Å². The van der Waals surface area contributed by atoms with Crippen molar-refractivity contribution in [2.75, 3.05) is 38.5 Å². The van der Waals surface area contributed by atoms with Gasteiger partial charge in [0.1, 0.15) is 17.5 Å². The Morgan fingerprint density at radius 3 is 2.57 bits per heavy atom. The van der Waals surface area contributed by atoms with Crippen molar-refractivity contribution in [3.8, 4) is 11.4 Å². The van der Waals surface area contributed by atoms with Crippen LogP contribution in [-0.2, 0) is 11.3 Å². The van der Waals surface area contributed by atoms with Crippen LogP contribution in [0.3, 0.4) is 0 Å². The average molecular weight is 603 g/mol. The molecule has 2 saturated heterocycles. The van der Waals surface area contributed by atoms with Gasteiger partial charge >= 0.3 is 12.1 Å². The third-order valence-corrected chi connectivity index (χ3v) is 8.13.